The van der Waals surface area contributed by atoms with Gasteiger partial charge in [-0.1, -0.05) is 12.1 Å². The van der Waals surface area contributed by atoms with E-state index in [9.17, 15) is 22.0 Å². The molecule has 2 aromatic rings. The number of hydrogen-bond acceptors (Lipinski definition) is 3. The van der Waals surface area contributed by atoms with E-state index in [-0.39, 0.29) is 17.3 Å². The van der Waals surface area contributed by atoms with Gasteiger partial charge in [-0.25, -0.2) is 17.2 Å². The summed E-state index contributed by atoms with van der Waals surface area (Å²) in [7, 11) is -3.90. The summed E-state index contributed by atoms with van der Waals surface area (Å²) in [5.74, 6) is -1.31. The zero-order valence-electron chi connectivity index (χ0n) is 14.7. The predicted molar refractivity (Wildman–Crippen MR) is 96.3 cm³/mol. The molecule has 8 heteroatoms. The van der Waals surface area contributed by atoms with Crippen LogP contribution in [-0.2, 0) is 14.8 Å². The van der Waals surface area contributed by atoms with Gasteiger partial charge in [-0.05, 0) is 61.7 Å². The van der Waals surface area contributed by atoms with Crippen molar-refractivity contribution >= 4 is 15.9 Å². The molecule has 1 aliphatic rings. The van der Waals surface area contributed by atoms with E-state index in [2.05, 4.69) is 5.32 Å². The third-order valence-electron chi connectivity index (χ3n) is 4.66. The average Bonchev–Trinajstić information content (AvgIpc) is 3.13. The number of carbonyl (C=O) groups excluding carboxylic acids is 1. The zero-order chi connectivity index (χ0) is 19.6. The van der Waals surface area contributed by atoms with Crippen LogP contribution in [-0.4, -0.2) is 31.2 Å². The summed E-state index contributed by atoms with van der Waals surface area (Å²) in [6, 6.07) is 9.07. The van der Waals surface area contributed by atoms with Crippen molar-refractivity contribution in [3.63, 3.8) is 0 Å². The highest BCUT2D eigenvalue weighted by atomic mass is 32.2. The van der Waals surface area contributed by atoms with E-state index < -0.39 is 33.8 Å². The summed E-state index contributed by atoms with van der Waals surface area (Å²) >= 11 is 0. The molecule has 0 radical (unpaired) electrons. The van der Waals surface area contributed by atoms with Gasteiger partial charge in [-0.15, -0.1) is 0 Å². The highest BCUT2D eigenvalue weighted by Gasteiger charge is 2.39. The number of halogens is 2. The molecule has 1 N–H and O–H groups in total. The van der Waals surface area contributed by atoms with Crippen LogP contribution >= 0.6 is 0 Å². The zero-order valence-corrected chi connectivity index (χ0v) is 15.5. The van der Waals surface area contributed by atoms with Crippen LogP contribution in [0.5, 0.6) is 0 Å². The summed E-state index contributed by atoms with van der Waals surface area (Å²) in [5, 5.41) is 2.79. The smallest absolute Gasteiger partial charge is 0.243 e. The SMILES string of the molecule is CC(NC(=O)C1CCCN1S(=O)(=O)c1ccc(F)cc1)c1ccc(F)cc1. The first kappa shape index (κ1) is 19.4. The molecule has 1 amide bonds. The number of benzene rings is 2. The first-order valence-corrected chi connectivity index (χ1v) is 10.1. The van der Waals surface area contributed by atoms with Gasteiger partial charge in [-0.3, -0.25) is 4.79 Å². The fraction of sp³-hybridized carbons (Fsp3) is 0.316. The molecule has 0 aliphatic carbocycles. The second kappa shape index (κ2) is 7.74. The van der Waals surface area contributed by atoms with E-state index in [0.717, 1.165) is 22.0 Å². The minimum atomic E-state index is -3.90. The molecule has 0 bridgehead atoms. The lowest BCUT2D eigenvalue weighted by Gasteiger charge is -2.25. The highest BCUT2D eigenvalue weighted by Crippen LogP contribution is 2.27. The van der Waals surface area contributed by atoms with Gasteiger partial charge in [0.1, 0.15) is 17.7 Å². The van der Waals surface area contributed by atoms with Crippen LogP contribution < -0.4 is 5.32 Å². The van der Waals surface area contributed by atoms with Crippen LogP contribution in [0.25, 0.3) is 0 Å². The van der Waals surface area contributed by atoms with Crippen molar-refractivity contribution in [3.8, 4) is 0 Å². The second-order valence-corrected chi connectivity index (χ2v) is 8.40. The topological polar surface area (TPSA) is 66.5 Å². The van der Waals surface area contributed by atoms with Crippen molar-refractivity contribution in [1.29, 1.82) is 0 Å². The quantitative estimate of drug-likeness (QED) is 0.848. The maximum absolute atomic E-state index is 13.1. The normalized spacial score (nSPS) is 19.0. The van der Waals surface area contributed by atoms with E-state index in [4.69, 9.17) is 0 Å². The number of sulfonamides is 1. The second-order valence-electron chi connectivity index (χ2n) is 6.51. The van der Waals surface area contributed by atoms with E-state index >= 15 is 0 Å². The third-order valence-corrected chi connectivity index (χ3v) is 6.58. The molecule has 2 unspecified atom stereocenters. The maximum atomic E-state index is 13.1. The van der Waals surface area contributed by atoms with Gasteiger partial charge in [-0.2, -0.15) is 4.31 Å². The van der Waals surface area contributed by atoms with Crippen LogP contribution in [0.4, 0.5) is 8.78 Å². The average molecular weight is 394 g/mol. The van der Waals surface area contributed by atoms with Gasteiger partial charge in [0.05, 0.1) is 10.9 Å². The van der Waals surface area contributed by atoms with Crippen molar-refractivity contribution < 1.29 is 22.0 Å². The van der Waals surface area contributed by atoms with Gasteiger partial charge in [0.15, 0.2) is 0 Å². The summed E-state index contributed by atoms with van der Waals surface area (Å²) < 4.78 is 53.0. The standard InChI is InChI=1S/C19H20F2N2O3S/c1-13(14-4-6-15(20)7-5-14)22-19(24)18-3-2-12-23(18)27(25,26)17-10-8-16(21)9-11-17/h4-11,13,18H,2-3,12H2,1H3,(H,22,24). The lowest BCUT2D eigenvalue weighted by atomic mass is 10.1. The Morgan fingerprint density at radius 3 is 2.22 bits per heavy atom. The van der Waals surface area contributed by atoms with Crippen LogP contribution in [0.2, 0.25) is 0 Å². The molecule has 0 saturated carbocycles. The van der Waals surface area contributed by atoms with Crippen molar-refractivity contribution in [2.75, 3.05) is 6.54 Å². The Balaban J connectivity index is 1.76. The molecule has 2 aromatic carbocycles. The Morgan fingerprint density at radius 2 is 1.63 bits per heavy atom. The van der Waals surface area contributed by atoms with Crippen molar-refractivity contribution in [3.05, 3.63) is 65.7 Å². The number of nitrogens with zero attached hydrogens (tertiary/aromatic N) is 1. The van der Waals surface area contributed by atoms with Crippen LogP contribution in [0.1, 0.15) is 31.4 Å². The lowest BCUT2D eigenvalue weighted by Crippen LogP contribution is -2.46. The first-order valence-electron chi connectivity index (χ1n) is 8.62. The number of hydrogen-bond donors (Lipinski definition) is 1. The predicted octanol–water partition coefficient (Wildman–Crippen LogP) is 3.00. The first-order chi connectivity index (χ1) is 12.8. The van der Waals surface area contributed by atoms with E-state index in [1.54, 1.807) is 19.1 Å². The Morgan fingerprint density at radius 1 is 1.07 bits per heavy atom. The Kier molecular flexibility index (Phi) is 5.57. The van der Waals surface area contributed by atoms with Crippen LogP contribution in [0, 0.1) is 11.6 Å². The van der Waals surface area contributed by atoms with E-state index in [1.165, 1.54) is 24.3 Å². The van der Waals surface area contributed by atoms with Crippen molar-refractivity contribution in [2.45, 2.75) is 36.7 Å². The number of amides is 1. The van der Waals surface area contributed by atoms with E-state index in [0.29, 0.717) is 12.8 Å². The Labute approximate surface area is 157 Å². The molecule has 3 rings (SSSR count). The fourth-order valence-electron chi connectivity index (χ4n) is 3.18. The van der Waals surface area contributed by atoms with Crippen LogP contribution in [0.15, 0.2) is 53.4 Å². The van der Waals surface area contributed by atoms with Gasteiger partial charge >= 0.3 is 0 Å². The molecule has 1 saturated heterocycles. The molecule has 0 aromatic heterocycles. The summed E-state index contributed by atoms with van der Waals surface area (Å²) in [6.07, 6.45) is 0.964. The monoisotopic (exact) mass is 394 g/mol. The lowest BCUT2D eigenvalue weighted by molar-refractivity contribution is -0.124. The van der Waals surface area contributed by atoms with Crippen molar-refractivity contribution in [1.82, 2.24) is 9.62 Å². The number of rotatable bonds is 5. The van der Waals surface area contributed by atoms with Crippen molar-refractivity contribution in [2.24, 2.45) is 0 Å². The molecule has 0 spiro atoms. The molecular formula is C19H20F2N2O3S. The van der Waals surface area contributed by atoms with Crippen LogP contribution in [0.3, 0.4) is 0 Å². The molecule has 1 heterocycles. The minimum absolute atomic E-state index is 0.0461. The maximum Gasteiger partial charge on any atom is 0.243 e. The Hall–Kier alpha value is -2.32. The molecule has 144 valence electrons. The molecular weight excluding hydrogens is 374 g/mol. The molecule has 27 heavy (non-hydrogen) atoms. The number of carbonyl (C=O) groups is 1. The fourth-order valence-corrected chi connectivity index (χ4v) is 4.83. The molecule has 1 aliphatic heterocycles. The summed E-state index contributed by atoms with van der Waals surface area (Å²) in [6.45, 7) is 1.97. The Bertz CT molecular complexity index is 915. The molecule has 1 fully saturated rings. The highest BCUT2D eigenvalue weighted by molar-refractivity contribution is 7.89. The van der Waals surface area contributed by atoms with Gasteiger partial charge in [0.25, 0.3) is 0 Å². The van der Waals surface area contributed by atoms with Gasteiger partial charge in [0.2, 0.25) is 15.9 Å². The number of nitrogens with one attached hydrogen (secondary N) is 1. The van der Waals surface area contributed by atoms with E-state index in [1.807, 2.05) is 0 Å². The summed E-state index contributed by atoms with van der Waals surface area (Å²) in [4.78, 5) is 12.6. The molecule has 5 nitrogen and oxygen atoms in total. The summed E-state index contributed by atoms with van der Waals surface area (Å²) in [5.41, 5.74) is 0.718. The molecule has 2 atom stereocenters. The minimum Gasteiger partial charge on any atom is -0.348 e. The third kappa shape index (κ3) is 4.17. The largest absolute Gasteiger partial charge is 0.348 e. The van der Waals surface area contributed by atoms with Gasteiger partial charge < -0.3 is 5.32 Å². The van der Waals surface area contributed by atoms with Gasteiger partial charge in [0, 0.05) is 6.54 Å².